The molecular weight excluding hydrogens is 693 g/mol. The summed E-state index contributed by atoms with van der Waals surface area (Å²) in [6.45, 7) is 3.99. The number of esters is 2. The maximum Gasteiger partial charge on any atom is 0.306 e. The second-order valence-corrected chi connectivity index (χ2v) is 15.4. The van der Waals surface area contributed by atoms with Gasteiger partial charge in [-0.1, -0.05) is 202 Å². The second-order valence-electron chi connectivity index (χ2n) is 15.4. The maximum atomic E-state index is 12.2. The Morgan fingerprint density at radius 2 is 0.786 bits per heavy atom. The largest absolute Gasteiger partial charge is 0.462 e. The van der Waals surface area contributed by atoms with E-state index in [1.165, 1.54) is 116 Å². The zero-order chi connectivity index (χ0) is 40.7. The van der Waals surface area contributed by atoms with Crippen molar-refractivity contribution < 1.29 is 24.2 Å². The maximum absolute atomic E-state index is 12.2. The first-order valence-electron chi connectivity index (χ1n) is 23.5. The molecule has 56 heavy (non-hydrogen) atoms. The minimum Gasteiger partial charge on any atom is -0.462 e. The van der Waals surface area contributed by atoms with Crippen LogP contribution in [0, 0.1) is 0 Å². The van der Waals surface area contributed by atoms with Gasteiger partial charge >= 0.3 is 11.9 Å². The molecule has 0 spiro atoms. The summed E-state index contributed by atoms with van der Waals surface area (Å²) in [6, 6.07) is 0. The number of carbonyl (C=O) groups excluding carboxylic acids is 2. The predicted molar refractivity (Wildman–Crippen MR) is 242 cm³/mol. The van der Waals surface area contributed by atoms with Crippen LogP contribution in [-0.2, 0) is 19.1 Å². The molecule has 0 fully saturated rings. The Balaban J connectivity index is 3.60. The summed E-state index contributed by atoms with van der Waals surface area (Å²) in [6.07, 6.45) is 62.8. The number of ether oxygens (including phenoxy) is 2. The van der Waals surface area contributed by atoms with Crippen LogP contribution in [-0.4, -0.2) is 36.4 Å². The third-order valence-corrected chi connectivity index (χ3v) is 9.98. The SMILES string of the molecule is CC/C=C/C/C=C/C/C=C/C/C=C/C/C=C/CCCCCC(=O)O[C@@H](CO)COC(=O)CCC/C=C/CCCCCCCCCCCCCCCCCCCC. The number of rotatable bonds is 42. The molecule has 1 N–H and O–H groups in total. The number of unbranched alkanes of at least 4 members (excludes halogenated alkanes) is 22. The van der Waals surface area contributed by atoms with E-state index in [2.05, 4.69) is 86.8 Å². The van der Waals surface area contributed by atoms with Crippen molar-refractivity contribution in [2.45, 2.75) is 225 Å². The fourth-order valence-corrected chi connectivity index (χ4v) is 6.47. The molecule has 0 aromatic heterocycles. The van der Waals surface area contributed by atoms with Gasteiger partial charge in [0.1, 0.15) is 6.61 Å². The highest BCUT2D eigenvalue weighted by atomic mass is 16.6. The summed E-state index contributed by atoms with van der Waals surface area (Å²) in [7, 11) is 0. The molecule has 0 aliphatic rings. The smallest absolute Gasteiger partial charge is 0.306 e. The molecule has 0 aromatic carbocycles. The molecule has 1 atom stereocenters. The van der Waals surface area contributed by atoms with Gasteiger partial charge in [0.25, 0.3) is 0 Å². The van der Waals surface area contributed by atoms with Crippen LogP contribution in [0.25, 0.3) is 0 Å². The zero-order valence-electron chi connectivity index (χ0n) is 36.6. The lowest BCUT2D eigenvalue weighted by Crippen LogP contribution is -2.28. The van der Waals surface area contributed by atoms with E-state index >= 15 is 0 Å². The average molecular weight is 781 g/mol. The Morgan fingerprint density at radius 3 is 1.23 bits per heavy atom. The monoisotopic (exact) mass is 781 g/mol. The van der Waals surface area contributed by atoms with Crippen molar-refractivity contribution in [2.75, 3.05) is 13.2 Å². The lowest BCUT2D eigenvalue weighted by Gasteiger charge is -2.15. The van der Waals surface area contributed by atoms with E-state index in [-0.39, 0.29) is 25.2 Å². The van der Waals surface area contributed by atoms with Crippen molar-refractivity contribution in [1.29, 1.82) is 0 Å². The third kappa shape index (κ3) is 44.1. The lowest BCUT2D eigenvalue weighted by atomic mass is 10.0. The van der Waals surface area contributed by atoms with E-state index in [4.69, 9.17) is 9.47 Å². The number of hydrogen-bond donors (Lipinski definition) is 1. The molecule has 0 saturated carbocycles. The Hall–Kier alpha value is -2.66. The molecule has 0 aliphatic carbocycles. The Morgan fingerprint density at radius 1 is 0.429 bits per heavy atom. The van der Waals surface area contributed by atoms with Gasteiger partial charge in [-0.25, -0.2) is 0 Å². The zero-order valence-corrected chi connectivity index (χ0v) is 36.6. The molecular formula is C51H88O5. The van der Waals surface area contributed by atoms with Gasteiger partial charge in [-0.05, 0) is 77.0 Å². The van der Waals surface area contributed by atoms with Crippen LogP contribution in [0.15, 0.2) is 72.9 Å². The molecule has 322 valence electrons. The van der Waals surface area contributed by atoms with E-state index < -0.39 is 6.10 Å². The number of carbonyl (C=O) groups is 2. The summed E-state index contributed by atoms with van der Waals surface area (Å²) in [5.74, 6) is -0.665. The van der Waals surface area contributed by atoms with Crippen molar-refractivity contribution in [1.82, 2.24) is 0 Å². The summed E-state index contributed by atoms with van der Waals surface area (Å²) < 4.78 is 10.6. The standard InChI is InChI=1S/C51H88O5/c1-3-5-7-9-11-13-15-17-19-21-23-24-25-26-28-29-31-33-35-37-39-41-43-45-50(53)55-48-49(47-52)56-51(54)46-44-42-40-38-36-34-32-30-27-22-20-18-16-14-12-10-8-6-4-2/h6,8,12,14,18,20,27,30,34,36-37,39,49,52H,3-5,7,9-11,13,15-17,19,21-26,28-29,31-33,35,38,40-48H2,1-2H3/b8-6+,14-12+,20-18+,30-27+,36-34+,39-37+/t49-/m0/s1. The molecule has 5 heteroatoms. The molecule has 0 unspecified atom stereocenters. The van der Waals surface area contributed by atoms with E-state index in [1.54, 1.807) is 0 Å². The first-order chi connectivity index (χ1) is 27.6. The van der Waals surface area contributed by atoms with Gasteiger partial charge in [0.15, 0.2) is 6.10 Å². The van der Waals surface area contributed by atoms with E-state index in [1.807, 2.05) is 0 Å². The Labute approximate surface area is 346 Å². The first-order valence-corrected chi connectivity index (χ1v) is 23.5. The number of allylic oxidation sites excluding steroid dienone is 12. The van der Waals surface area contributed by atoms with Crippen molar-refractivity contribution >= 4 is 11.9 Å². The molecule has 0 rings (SSSR count). The fraction of sp³-hybridized carbons (Fsp3) is 0.725. The van der Waals surface area contributed by atoms with Crippen molar-refractivity contribution in [2.24, 2.45) is 0 Å². The van der Waals surface area contributed by atoms with Gasteiger partial charge in [0.2, 0.25) is 0 Å². The van der Waals surface area contributed by atoms with Gasteiger partial charge in [-0.15, -0.1) is 0 Å². The highest BCUT2D eigenvalue weighted by Gasteiger charge is 2.16. The Kier molecular flexibility index (Phi) is 44.5. The van der Waals surface area contributed by atoms with Crippen LogP contribution in [0.2, 0.25) is 0 Å². The first kappa shape index (κ1) is 53.3. The van der Waals surface area contributed by atoms with Gasteiger partial charge in [-0.3, -0.25) is 9.59 Å². The number of aliphatic hydroxyl groups is 1. The van der Waals surface area contributed by atoms with Crippen LogP contribution >= 0.6 is 0 Å². The van der Waals surface area contributed by atoms with Crippen LogP contribution in [0.4, 0.5) is 0 Å². The molecule has 0 saturated heterocycles. The lowest BCUT2D eigenvalue weighted by molar-refractivity contribution is -0.161. The number of hydrogen-bond acceptors (Lipinski definition) is 5. The molecule has 0 bridgehead atoms. The van der Waals surface area contributed by atoms with Crippen molar-refractivity contribution in [3.63, 3.8) is 0 Å². The van der Waals surface area contributed by atoms with E-state index in [0.29, 0.717) is 12.8 Å². The predicted octanol–water partition coefficient (Wildman–Crippen LogP) is 15.3. The number of aliphatic hydroxyl groups excluding tert-OH is 1. The normalized spacial score (nSPS) is 12.8. The second kappa shape index (κ2) is 46.7. The Bertz CT molecular complexity index is 1020. The summed E-state index contributed by atoms with van der Waals surface area (Å²) in [5, 5.41) is 9.59. The molecule has 0 heterocycles. The van der Waals surface area contributed by atoms with E-state index in [0.717, 1.165) is 77.0 Å². The van der Waals surface area contributed by atoms with Gasteiger partial charge in [0, 0.05) is 12.8 Å². The van der Waals surface area contributed by atoms with Crippen LogP contribution in [0.5, 0.6) is 0 Å². The van der Waals surface area contributed by atoms with Crippen molar-refractivity contribution in [3.8, 4) is 0 Å². The van der Waals surface area contributed by atoms with Crippen LogP contribution in [0.3, 0.4) is 0 Å². The summed E-state index contributed by atoms with van der Waals surface area (Å²) >= 11 is 0. The van der Waals surface area contributed by atoms with Crippen molar-refractivity contribution in [3.05, 3.63) is 72.9 Å². The molecule has 0 aliphatic heterocycles. The molecule has 0 radical (unpaired) electrons. The van der Waals surface area contributed by atoms with Gasteiger partial charge in [0.05, 0.1) is 6.61 Å². The topological polar surface area (TPSA) is 72.8 Å². The molecule has 0 amide bonds. The van der Waals surface area contributed by atoms with Gasteiger partial charge < -0.3 is 14.6 Å². The quantitative estimate of drug-likeness (QED) is 0.0379. The third-order valence-electron chi connectivity index (χ3n) is 9.98. The summed E-state index contributed by atoms with van der Waals surface area (Å²) in [4.78, 5) is 24.4. The van der Waals surface area contributed by atoms with Crippen LogP contribution in [0.1, 0.15) is 219 Å². The average Bonchev–Trinajstić information content (AvgIpc) is 3.20. The fourth-order valence-electron chi connectivity index (χ4n) is 6.47. The molecule has 0 aromatic rings. The minimum absolute atomic E-state index is 0.0969. The highest BCUT2D eigenvalue weighted by Crippen LogP contribution is 2.15. The van der Waals surface area contributed by atoms with Crippen LogP contribution < -0.4 is 0 Å². The van der Waals surface area contributed by atoms with Gasteiger partial charge in [-0.2, -0.15) is 0 Å². The highest BCUT2D eigenvalue weighted by molar-refractivity contribution is 5.70. The minimum atomic E-state index is -0.804. The molecule has 5 nitrogen and oxygen atoms in total. The summed E-state index contributed by atoms with van der Waals surface area (Å²) in [5.41, 5.74) is 0. The van der Waals surface area contributed by atoms with E-state index in [9.17, 15) is 14.7 Å².